The molecule has 0 spiro atoms. The Labute approximate surface area is 156 Å². The van der Waals surface area contributed by atoms with E-state index >= 15 is 0 Å². The number of hydrogen-bond donors (Lipinski definition) is 1. The summed E-state index contributed by atoms with van der Waals surface area (Å²) in [5.74, 6) is 0.559. The van der Waals surface area contributed by atoms with Crippen molar-refractivity contribution in [3.8, 4) is 11.3 Å². The van der Waals surface area contributed by atoms with E-state index in [1.54, 1.807) is 0 Å². The van der Waals surface area contributed by atoms with Gasteiger partial charge in [-0.25, -0.2) is 0 Å². The number of benzene rings is 2. The van der Waals surface area contributed by atoms with Crippen molar-refractivity contribution in [2.75, 3.05) is 0 Å². The molecule has 2 nitrogen and oxygen atoms in total. The predicted molar refractivity (Wildman–Crippen MR) is 110 cm³/mol. The fourth-order valence-electron chi connectivity index (χ4n) is 3.71. The van der Waals surface area contributed by atoms with Gasteiger partial charge in [-0.2, -0.15) is 0 Å². The lowest BCUT2D eigenvalue weighted by Crippen LogP contribution is -2.06. The number of pyridine rings is 1. The second kappa shape index (κ2) is 8.01. The molecular weight excluding hydrogens is 318 g/mol. The van der Waals surface area contributed by atoms with Crippen molar-refractivity contribution < 1.29 is 5.11 Å². The van der Waals surface area contributed by atoms with Gasteiger partial charge in [-0.05, 0) is 81.2 Å². The number of hydrogen-bond acceptors (Lipinski definition) is 2. The summed E-state index contributed by atoms with van der Waals surface area (Å²) in [4.78, 5) is 4.71. The second-order valence-electron chi connectivity index (χ2n) is 7.83. The minimum atomic E-state index is -0.214. The summed E-state index contributed by atoms with van der Waals surface area (Å²) < 4.78 is 0. The minimum Gasteiger partial charge on any atom is -0.393 e. The molecule has 2 heteroatoms. The zero-order valence-electron chi connectivity index (χ0n) is 16.3. The van der Waals surface area contributed by atoms with Gasteiger partial charge in [-0.1, -0.05) is 36.2 Å². The molecule has 3 rings (SSSR count). The van der Waals surface area contributed by atoms with Gasteiger partial charge >= 0.3 is 0 Å². The van der Waals surface area contributed by atoms with Crippen LogP contribution in [0.3, 0.4) is 0 Å². The summed E-state index contributed by atoms with van der Waals surface area (Å²) in [6, 6.07) is 15.5. The summed E-state index contributed by atoms with van der Waals surface area (Å²) >= 11 is 0. The van der Waals surface area contributed by atoms with E-state index in [0.29, 0.717) is 5.92 Å². The third-order valence-corrected chi connectivity index (χ3v) is 4.99. The molecule has 2 unspecified atom stereocenters. The first kappa shape index (κ1) is 18.6. The monoisotopic (exact) mass is 347 g/mol. The van der Waals surface area contributed by atoms with Crippen LogP contribution in [-0.2, 0) is 6.42 Å². The molecule has 0 saturated carbocycles. The van der Waals surface area contributed by atoms with Gasteiger partial charge in [0, 0.05) is 17.1 Å². The van der Waals surface area contributed by atoms with Crippen LogP contribution in [0, 0.1) is 19.8 Å². The molecule has 3 aromatic rings. The Bertz CT molecular complexity index is 878. The van der Waals surface area contributed by atoms with Crippen molar-refractivity contribution in [3.63, 3.8) is 0 Å². The minimum absolute atomic E-state index is 0.214. The zero-order valence-corrected chi connectivity index (χ0v) is 16.3. The van der Waals surface area contributed by atoms with Gasteiger partial charge in [0.1, 0.15) is 0 Å². The SMILES string of the molecule is Cc1cc(C)cc(-c2nccc3ccc(CC(C)CCC(C)O)cc23)c1. The molecule has 1 N–H and O–H groups in total. The van der Waals surface area contributed by atoms with Crippen molar-refractivity contribution in [3.05, 3.63) is 65.4 Å². The summed E-state index contributed by atoms with van der Waals surface area (Å²) in [5, 5.41) is 12.0. The van der Waals surface area contributed by atoms with Gasteiger partial charge in [0.2, 0.25) is 0 Å². The van der Waals surface area contributed by atoms with E-state index in [0.717, 1.165) is 25.0 Å². The van der Waals surface area contributed by atoms with Crippen LogP contribution in [-0.4, -0.2) is 16.2 Å². The van der Waals surface area contributed by atoms with E-state index in [4.69, 9.17) is 4.98 Å². The summed E-state index contributed by atoms with van der Waals surface area (Å²) in [6.07, 6.45) is 4.63. The van der Waals surface area contributed by atoms with Crippen LogP contribution < -0.4 is 0 Å². The van der Waals surface area contributed by atoms with Gasteiger partial charge in [0.25, 0.3) is 0 Å². The largest absolute Gasteiger partial charge is 0.393 e. The van der Waals surface area contributed by atoms with Gasteiger partial charge < -0.3 is 5.11 Å². The lowest BCUT2D eigenvalue weighted by molar-refractivity contribution is 0.174. The summed E-state index contributed by atoms with van der Waals surface area (Å²) in [5.41, 5.74) is 6.12. The molecule has 1 aromatic heterocycles. The van der Waals surface area contributed by atoms with Crippen molar-refractivity contribution in [2.24, 2.45) is 5.92 Å². The maximum absolute atomic E-state index is 9.51. The highest BCUT2D eigenvalue weighted by atomic mass is 16.3. The quantitative estimate of drug-likeness (QED) is 0.606. The van der Waals surface area contributed by atoms with E-state index in [9.17, 15) is 5.11 Å². The average molecular weight is 348 g/mol. The standard InChI is InChI=1S/C24H29NO/c1-16(5-6-19(4)26)12-20-7-8-21-9-10-25-24(23(21)15-20)22-13-17(2)11-18(3)14-22/h7-11,13-16,19,26H,5-6,12H2,1-4H3. The Hall–Kier alpha value is -2.19. The Morgan fingerprint density at radius 3 is 2.35 bits per heavy atom. The van der Waals surface area contributed by atoms with Crippen LogP contribution in [0.4, 0.5) is 0 Å². The van der Waals surface area contributed by atoms with Crippen LogP contribution in [0.25, 0.3) is 22.0 Å². The Balaban J connectivity index is 1.95. The average Bonchev–Trinajstić information content (AvgIpc) is 2.58. The highest BCUT2D eigenvalue weighted by molar-refractivity contribution is 5.95. The molecule has 0 saturated heterocycles. The van der Waals surface area contributed by atoms with Gasteiger partial charge in [0.05, 0.1) is 11.8 Å². The van der Waals surface area contributed by atoms with E-state index in [1.165, 1.54) is 33.0 Å². The van der Waals surface area contributed by atoms with Crippen molar-refractivity contribution >= 4 is 10.8 Å². The number of aliphatic hydroxyl groups excluding tert-OH is 1. The number of fused-ring (bicyclic) bond motifs is 1. The van der Waals surface area contributed by atoms with Crippen molar-refractivity contribution in [2.45, 2.75) is 53.1 Å². The van der Waals surface area contributed by atoms with Gasteiger partial charge in [-0.3, -0.25) is 4.98 Å². The number of aryl methyl sites for hydroxylation is 2. The molecule has 0 aliphatic heterocycles. The van der Waals surface area contributed by atoms with Crippen LogP contribution in [0.5, 0.6) is 0 Å². The first-order valence-electron chi connectivity index (χ1n) is 9.57. The summed E-state index contributed by atoms with van der Waals surface area (Å²) in [7, 11) is 0. The first-order chi connectivity index (χ1) is 12.4. The molecule has 0 aliphatic rings. The number of nitrogens with zero attached hydrogens (tertiary/aromatic N) is 1. The summed E-state index contributed by atoms with van der Waals surface area (Å²) in [6.45, 7) is 8.40. The van der Waals surface area contributed by atoms with Gasteiger partial charge in [-0.15, -0.1) is 0 Å². The maximum Gasteiger partial charge on any atom is 0.0780 e. The van der Waals surface area contributed by atoms with Crippen molar-refractivity contribution in [1.29, 1.82) is 0 Å². The van der Waals surface area contributed by atoms with Gasteiger partial charge in [0.15, 0.2) is 0 Å². The topological polar surface area (TPSA) is 33.1 Å². The molecule has 1 heterocycles. The molecular formula is C24H29NO. The highest BCUT2D eigenvalue weighted by Gasteiger charge is 2.10. The van der Waals surface area contributed by atoms with E-state index in [1.807, 2.05) is 13.1 Å². The molecule has 0 amide bonds. The molecule has 2 atom stereocenters. The van der Waals surface area contributed by atoms with Crippen LogP contribution >= 0.6 is 0 Å². The number of aliphatic hydroxyl groups is 1. The molecule has 2 aromatic carbocycles. The third kappa shape index (κ3) is 4.50. The van der Waals surface area contributed by atoms with Crippen LogP contribution in [0.15, 0.2) is 48.7 Å². The molecule has 0 bridgehead atoms. The van der Waals surface area contributed by atoms with E-state index < -0.39 is 0 Å². The zero-order chi connectivity index (χ0) is 18.7. The fraction of sp³-hybridized carbons (Fsp3) is 0.375. The lowest BCUT2D eigenvalue weighted by atomic mass is 9.93. The normalized spacial score (nSPS) is 13.7. The van der Waals surface area contributed by atoms with Crippen LogP contribution in [0.2, 0.25) is 0 Å². The van der Waals surface area contributed by atoms with Crippen LogP contribution in [0.1, 0.15) is 43.4 Å². The Morgan fingerprint density at radius 2 is 1.65 bits per heavy atom. The molecule has 0 radical (unpaired) electrons. The Kier molecular flexibility index (Phi) is 5.73. The fourth-order valence-corrected chi connectivity index (χ4v) is 3.71. The molecule has 136 valence electrons. The second-order valence-corrected chi connectivity index (χ2v) is 7.83. The van der Waals surface area contributed by atoms with Crippen molar-refractivity contribution in [1.82, 2.24) is 4.98 Å². The Morgan fingerprint density at radius 1 is 0.923 bits per heavy atom. The van der Waals surface area contributed by atoms with E-state index in [-0.39, 0.29) is 6.10 Å². The molecule has 0 fully saturated rings. The first-order valence-corrected chi connectivity index (χ1v) is 9.57. The lowest BCUT2D eigenvalue weighted by Gasteiger charge is -2.14. The van der Waals surface area contributed by atoms with E-state index in [2.05, 4.69) is 63.2 Å². The number of rotatable bonds is 6. The molecule has 26 heavy (non-hydrogen) atoms. The smallest absolute Gasteiger partial charge is 0.0780 e. The third-order valence-electron chi connectivity index (χ3n) is 4.99. The number of aromatic nitrogens is 1. The highest BCUT2D eigenvalue weighted by Crippen LogP contribution is 2.29. The predicted octanol–water partition coefficient (Wildman–Crippen LogP) is 5.86. The molecule has 0 aliphatic carbocycles. The maximum atomic E-state index is 9.51.